The van der Waals surface area contributed by atoms with Gasteiger partial charge >= 0.3 is 0 Å². The first-order chi connectivity index (χ1) is 13.1. The lowest BCUT2D eigenvalue weighted by molar-refractivity contribution is 0.415. The van der Waals surface area contributed by atoms with Crippen molar-refractivity contribution in [2.45, 2.75) is 19.8 Å². The molecule has 0 saturated carbocycles. The van der Waals surface area contributed by atoms with Crippen molar-refractivity contribution >= 4 is 28.2 Å². The van der Waals surface area contributed by atoms with Gasteiger partial charge in [0.2, 0.25) is 0 Å². The summed E-state index contributed by atoms with van der Waals surface area (Å²) >= 11 is 0. The normalized spacial score (nSPS) is 11.9. The molecule has 0 aliphatic heterocycles. The van der Waals surface area contributed by atoms with E-state index >= 15 is 0 Å². The molecule has 0 unspecified atom stereocenters. The van der Waals surface area contributed by atoms with Crippen molar-refractivity contribution in [3.05, 3.63) is 70.3 Å². The Hall–Kier alpha value is -3.41. The van der Waals surface area contributed by atoms with Crippen LogP contribution < -0.4 is 10.3 Å². The highest BCUT2D eigenvalue weighted by atomic mass is 16.5. The van der Waals surface area contributed by atoms with E-state index in [9.17, 15) is 4.79 Å². The second kappa shape index (κ2) is 6.72. The van der Waals surface area contributed by atoms with Gasteiger partial charge in [-0.05, 0) is 29.2 Å². The Morgan fingerprint density at radius 3 is 2.67 bits per heavy atom. The molecule has 0 fully saturated rings. The van der Waals surface area contributed by atoms with E-state index in [1.807, 2.05) is 30.3 Å². The average Bonchev–Trinajstić information content (AvgIpc) is 3.06. The van der Waals surface area contributed by atoms with Crippen molar-refractivity contribution in [3.63, 3.8) is 0 Å². The monoisotopic (exact) mass is 360 g/mol. The highest BCUT2D eigenvalue weighted by Crippen LogP contribution is 2.25. The van der Waals surface area contributed by atoms with Crippen molar-refractivity contribution in [2.75, 3.05) is 7.11 Å². The molecule has 0 amide bonds. The van der Waals surface area contributed by atoms with Gasteiger partial charge < -0.3 is 9.72 Å². The Kier molecular flexibility index (Phi) is 4.24. The van der Waals surface area contributed by atoms with E-state index in [-0.39, 0.29) is 5.56 Å². The number of hydrogen-bond acceptors (Lipinski definition) is 4. The maximum Gasteiger partial charge on any atom is 0.298 e. The van der Waals surface area contributed by atoms with E-state index in [1.165, 1.54) is 16.6 Å². The minimum absolute atomic E-state index is 0.245. The smallest absolute Gasteiger partial charge is 0.298 e. The third-order valence-corrected chi connectivity index (χ3v) is 4.63. The first kappa shape index (κ1) is 17.0. The van der Waals surface area contributed by atoms with Crippen LogP contribution in [-0.2, 0) is 0 Å². The largest absolute Gasteiger partial charge is 0.497 e. The highest BCUT2D eigenvalue weighted by molar-refractivity contribution is 6.04. The first-order valence-electron chi connectivity index (χ1n) is 8.78. The fraction of sp³-hybridized carbons (Fsp3) is 0.190. The van der Waals surface area contributed by atoms with E-state index in [4.69, 9.17) is 4.74 Å². The number of nitrogens with zero attached hydrogens (tertiary/aromatic N) is 3. The Labute approximate surface area is 156 Å². The van der Waals surface area contributed by atoms with E-state index < -0.39 is 0 Å². The van der Waals surface area contributed by atoms with Crippen LogP contribution in [0.15, 0.2) is 58.7 Å². The summed E-state index contributed by atoms with van der Waals surface area (Å²) in [6.45, 7) is 4.30. The Bertz CT molecular complexity index is 1200. The Morgan fingerprint density at radius 1 is 1.19 bits per heavy atom. The molecule has 2 aromatic heterocycles. The quantitative estimate of drug-likeness (QED) is 0.561. The van der Waals surface area contributed by atoms with Crippen molar-refractivity contribution in [3.8, 4) is 5.75 Å². The zero-order valence-electron chi connectivity index (χ0n) is 15.4. The van der Waals surface area contributed by atoms with Crippen molar-refractivity contribution in [2.24, 2.45) is 5.10 Å². The molecular weight excluding hydrogens is 340 g/mol. The van der Waals surface area contributed by atoms with Crippen molar-refractivity contribution < 1.29 is 4.74 Å². The molecule has 0 spiro atoms. The second-order valence-corrected chi connectivity index (χ2v) is 6.72. The number of ether oxygens (including phenoxy) is 1. The summed E-state index contributed by atoms with van der Waals surface area (Å²) in [6.07, 6.45) is 3.10. The van der Waals surface area contributed by atoms with Gasteiger partial charge in [0, 0.05) is 11.5 Å². The Balaban J connectivity index is 1.73. The summed E-state index contributed by atoms with van der Waals surface area (Å²) < 4.78 is 6.48. The van der Waals surface area contributed by atoms with Gasteiger partial charge in [0.15, 0.2) is 0 Å². The summed E-state index contributed by atoms with van der Waals surface area (Å²) in [4.78, 5) is 20.3. The number of rotatable bonds is 4. The zero-order valence-corrected chi connectivity index (χ0v) is 15.4. The van der Waals surface area contributed by atoms with Crippen LogP contribution in [-0.4, -0.2) is 28.0 Å². The maximum atomic E-state index is 12.8. The van der Waals surface area contributed by atoms with Crippen LogP contribution in [0.2, 0.25) is 0 Å². The van der Waals surface area contributed by atoms with Crippen LogP contribution in [0.25, 0.3) is 21.9 Å². The number of benzene rings is 2. The SMILES string of the molecule is COc1ccc2c(c1)[nH]c1c(=O)n(/N=C\c3ccc(C(C)C)cc3)cnc12. The molecule has 2 aromatic carbocycles. The molecule has 4 rings (SSSR count). The van der Waals surface area contributed by atoms with E-state index in [1.54, 1.807) is 13.3 Å². The van der Waals surface area contributed by atoms with E-state index in [2.05, 4.69) is 41.0 Å². The van der Waals surface area contributed by atoms with Crippen LogP contribution in [0.4, 0.5) is 0 Å². The maximum absolute atomic E-state index is 12.8. The summed E-state index contributed by atoms with van der Waals surface area (Å²) in [5.41, 5.74) is 3.80. The predicted octanol–water partition coefficient (Wildman–Crippen LogP) is 3.89. The predicted molar refractivity (Wildman–Crippen MR) is 108 cm³/mol. The molecule has 1 N–H and O–H groups in total. The molecule has 6 heteroatoms. The number of nitrogens with one attached hydrogen (secondary N) is 1. The van der Waals surface area contributed by atoms with Gasteiger partial charge in [-0.25, -0.2) is 4.98 Å². The lowest BCUT2D eigenvalue weighted by atomic mass is 10.0. The summed E-state index contributed by atoms with van der Waals surface area (Å²) in [6, 6.07) is 13.7. The number of aromatic amines is 1. The summed E-state index contributed by atoms with van der Waals surface area (Å²) in [5.74, 6) is 1.20. The van der Waals surface area contributed by atoms with Crippen molar-refractivity contribution in [1.82, 2.24) is 14.6 Å². The van der Waals surface area contributed by atoms with Crippen LogP contribution in [0.3, 0.4) is 0 Å². The van der Waals surface area contributed by atoms with Crippen molar-refractivity contribution in [1.29, 1.82) is 0 Å². The number of fused-ring (bicyclic) bond motifs is 3. The molecule has 0 aliphatic carbocycles. The van der Waals surface area contributed by atoms with Gasteiger partial charge in [-0.3, -0.25) is 4.79 Å². The molecule has 27 heavy (non-hydrogen) atoms. The lowest BCUT2D eigenvalue weighted by Crippen LogP contribution is -2.17. The molecule has 0 bridgehead atoms. The number of methoxy groups -OCH3 is 1. The Morgan fingerprint density at radius 2 is 1.96 bits per heavy atom. The number of hydrogen-bond donors (Lipinski definition) is 1. The van der Waals surface area contributed by atoms with Crippen LogP contribution in [0, 0.1) is 0 Å². The molecular formula is C21H20N4O2. The highest BCUT2D eigenvalue weighted by Gasteiger charge is 2.11. The molecule has 0 atom stereocenters. The van der Waals surface area contributed by atoms with Gasteiger partial charge in [-0.1, -0.05) is 38.1 Å². The lowest BCUT2D eigenvalue weighted by Gasteiger charge is -2.04. The fourth-order valence-corrected chi connectivity index (χ4v) is 3.04. The van der Waals surface area contributed by atoms with Gasteiger partial charge in [0.25, 0.3) is 5.56 Å². The molecule has 136 valence electrons. The van der Waals surface area contributed by atoms with Gasteiger partial charge in [-0.15, -0.1) is 0 Å². The zero-order chi connectivity index (χ0) is 19.0. The molecule has 0 aliphatic rings. The third kappa shape index (κ3) is 3.10. The minimum atomic E-state index is -0.245. The van der Waals surface area contributed by atoms with Gasteiger partial charge in [-0.2, -0.15) is 9.78 Å². The molecule has 6 nitrogen and oxygen atoms in total. The molecule has 2 heterocycles. The standard InChI is InChI=1S/C21H20N4O2/c1-13(2)15-6-4-14(5-7-15)11-23-25-12-22-19-17-9-8-16(27-3)10-18(17)24-20(19)21(25)26/h4-13,24H,1-3H3/b23-11-. The number of H-pyrrole nitrogens is 1. The third-order valence-electron chi connectivity index (χ3n) is 4.63. The topological polar surface area (TPSA) is 72.3 Å². The van der Waals surface area contributed by atoms with Crippen LogP contribution >= 0.6 is 0 Å². The second-order valence-electron chi connectivity index (χ2n) is 6.72. The number of aromatic nitrogens is 3. The fourth-order valence-electron chi connectivity index (χ4n) is 3.04. The summed E-state index contributed by atoms with van der Waals surface area (Å²) in [7, 11) is 1.61. The first-order valence-corrected chi connectivity index (χ1v) is 8.78. The van der Waals surface area contributed by atoms with Gasteiger partial charge in [0.05, 0.1) is 18.8 Å². The average molecular weight is 360 g/mol. The summed E-state index contributed by atoms with van der Waals surface area (Å²) in [5, 5.41) is 5.15. The van der Waals surface area contributed by atoms with E-state index in [0.717, 1.165) is 22.2 Å². The molecule has 4 aromatic rings. The minimum Gasteiger partial charge on any atom is -0.497 e. The van der Waals surface area contributed by atoms with Gasteiger partial charge in [0.1, 0.15) is 23.1 Å². The molecule has 0 saturated heterocycles. The van der Waals surface area contributed by atoms with E-state index in [0.29, 0.717) is 17.0 Å². The van der Waals surface area contributed by atoms with Crippen LogP contribution in [0.5, 0.6) is 5.75 Å². The molecule has 0 radical (unpaired) electrons. The van der Waals surface area contributed by atoms with Crippen LogP contribution in [0.1, 0.15) is 30.9 Å².